The van der Waals surface area contributed by atoms with E-state index in [0.29, 0.717) is 11.4 Å². The minimum atomic E-state index is -0.713. The fourth-order valence-corrected chi connectivity index (χ4v) is 3.53. The van der Waals surface area contributed by atoms with Gasteiger partial charge in [-0.3, -0.25) is 14.3 Å². The van der Waals surface area contributed by atoms with Crippen LogP contribution in [0.25, 0.3) is 0 Å². The number of nitrogens with zero attached hydrogens (tertiary/aromatic N) is 4. The zero-order chi connectivity index (χ0) is 26.4. The van der Waals surface area contributed by atoms with Gasteiger partial charge in [-0.15, -0.1) is 0 Å². The molecule has 0 spiro atoms. The average Bonchev–Trinajstić information content (AvgIpc) is 2.85. The number of rotatable bonds is 8. The number of H-pyrrole nitrogens is 1. The summed E-state index contributed by atoms with van der Waals surface area (Å²) in [6.45, 7) is 7.21. The van der Waals surface area contributed by atoms with E-state index >= 15 is 0 Å². The van der Waals surface area contributed by atoms with Crippen molar-refractivity contribution in [2.45, 2.75) is 46.9 Å². The second-order valence-corrected chi connectivity index (χ2v) is 8.71. The minimum absolute atomic E-state index is 0.00830. The molecule has 0 radical (unpaired) electrons. The number of esters is 1. The standard InChI is InChI=1S/C26H29N5O5/c1-16(2)36-22-11-10-21(12-20(22)13-27)28-24-29-25(33)31(14-18(4)23(32)35-5)26(34)30(24)15-19-8-6-17(3)7-9-19/h6-12,16,18H,14-15H2,1-5H3,(H,28,29,33)/t18-/m0/s1. The molecule has 0 amide bonds. The van der Waals surface area contributed by atoms with E-state index in [2.05, 4.69) is 16.0 Å². The maximum absolute atomic E-state index is 13.4. The number of nitriles is 1. The summed E-state index contributed by atoms with van der Waals surface area (Å²) in [5.41, 5.74) is 1.18. The zero-order valence-electron chi connectivity index (χ0n) is 20.9. The van der Waals surface area contributed by atoms with Crippen molar-refractivity contribution >= 4 is 11.7 Å². The van der Waals surface area contributed by atoms with Crippen LogP contribution in [0, 0.1) is 24.2 Å². The SMILES string of the molecule is COC(=O)[C@@H](C)Cn1c(=O)[nH]/c(=N\c2ccc(OC(C)C)c(C#N)c2)n(Cc2ccc(C)cc2)c1=O. The third kappa shape index (κ3) is 6.18. The van der Waals surface area contributed by atoms with Gasteiger partial charge in [-0.1, -0.05) is 36.8 Å². The third-order valence-electron chi connectivity index (χ3n) is 5.38. The van der Waals surface area contributed by atoms with Gasteiger partial charge in [-0.2, -0.15) is 5.26 Å². The van der Waals surface area contributed by atoms with Crippen molar-refractivity contribution in [2.24, 2.45) is 10.9 Å². The highest BCUT2D eigenvalue weighted by Crippen LogP contribution is 2.24. The maximum atomic E-state index is 13.4. The molecule has 36 heavy (non-hydrogen) atoms. The molecule has 0 saturated heterocycles. The second kappa shape index (κ2) is 11.4. The summed E-state index contributed by atoms with van der Waals surface area (Å²) in [6.07, 6.45) is -0.118. The molecule has 0 saturated carbocycles. The van der Waals surface area contributed by atoms with Crippen molar-refractivity contribution in [1.29, 1.82) is 5.26 Å². The Labute approximate surface area is 208 Å². The molecule has 0 fully saturated rings. The summed E-state index contributed by atoms with van der Waals surface area (Å²) in [5, 5.41) is 9.54. The van der Waals surface area contributed by atoms with Crippen LogP contribution in [0.4, 0.5) is 5.69 Å². The minimum Gasteiger partial charge on any atom is -0.490 e. The number of carbonyl (C=O) groups excluding carboxylic acids is 1. The number of carbonyl (C=O) groups is 1. The van der Waals surface area contributed by atoms with E-state index in [4.69, 9.17) is 9.47 Å². The molecule has 188 valence electrons. The zero-order valence-corrected chi connectivity index (χ0v) is 20.9. The molecular weight excluding hydrogens is 462 g/mol. The molecule has 10 nitrogen and oxygen atoms in total. The van der Waals surface area contributed by atoms with Gasteiger partial charge in [0.15, 0.2) is 0 Å². The van der Waals surface area contributed by atoms with Crippen LogP contribution in [0.2, 0.25) is 0 Å². The average molecular weight is 492 g/mol. The number of hydrogen-bond acceptors (Lipinski definition) is 7. The Morgan fingerprint density at radius 3 is 2.42 bits per heavy atom. The van der Waals surface area contributed by atoms with Crippen LogP contribution in [0.3, 0.4) is 0 Å². The van der Waals surface area contributed by atoms with Crippen LogP contribution in [0.5, 0.6) is 5.75 Å². The van der Waals surface area contributed by atoms with Crippen molar-refractivity contribution in [3.63, 3.8) is 0 Å². The van der Waals surface area contributed by atoms with Gasteiger partial charge in [-0.05, 0) is 44.5 Å². The third-order valence-corrected chi connectivity index (χ3v) is 5.38. The molecular formula is C26H29N5O5. The number of benzene rings is 2. The van der Waals surface area contributed by atoms with Crippen molar-refractivity contribution in [2.75, 3.05) is 7.11 Å². The topological polar surface area (TPSA) is 131 Å². The van der Waals surface area contributed by atoms with Gasteiger partial charge in [0, 0.05) is 6.54 Å². The Morgan fingerprint density at radius 1 is 1.11 bits per heavy atom. The van der Waals surface area contributed by atoms with Crippen molar-refractivity contribution in [1.82, 2.24) is 14.1 Å². The molecule has 0 unspecified atom stereocenters. The first kappa shape index (κ1) is 26.2. The van der Waals surface area contributed by atoms with Gasteiger partial charge in [-0.25, -0.2) is 19.1 Å². The van der Waals surface area contributed by atoms with E-state index in [9.17, 15) is 19.6 Å². The molecule has 0 bridgehead atoms. The molecule has 2 aromatic carbocycles. The normalized spacial score (nSPS) is 12.3. The lowest BCUT2D eigenvalue weighted by Crippen LogP contribution is -2.51. The van der Waals surface area contributed by atoms with Crippen molar-refractivity contribution in [3.8, 4) is 11.8 Å². The van der Waals surface area contributed by atoms with E-state index in [1.807, 2.05) is 45.0 Å². The molecule has 1 atom stereocenters. The molecule has 3 aromatic rings. The molecule has 10 heteroatoms. The Balaban J connectivity index is 2.18. The largest absolute Gasteiger partial charge is 0.490 e. The van der Waals surface area contributed by atoms with Gasteiger partial charge in [0.25, 0.3) is 0 Å². The maximum Gasteiger partial charge on any atom is 0.335 e. The summed E-state index contributed by atoms with van der Waals surface area (Å²) >= 11 is 0. The van der Waals surface area contributed by atoms with Crippen LogP contribution in [0.15, 0.2) is 57.0 Å². The summed E-state index contributed by atoms with van der Waals surface area (Å²) in [7, 11) is 1.25. The number of hydrogen-bond donors (Lipinski definition) is 1. The Hall–Kier alpha value is -4.39. The summed E-state index contributed by atoms with van der Waals surface area (Å²) in [4.78, 5) is 45.3. The fraction of sp³-hybridized carbons (Fsp3) is 0.346. The Bertz CT molecular complexity index is 1470. The van der Waals surface area contributed by atoms with E-state index in [1.54, 1.807) is 19.1 Å². The molecule has 3 rings (SSSR count). The first-order chi connectivity index (χ1) is 17.1. The first-order valence-electron chi connectivity index (χ1n) is 11.5. The predicted octanol–water partition coefficient (Wildman–Crippen LogP) is 2.40. The fourth-order valence-electron chi connectivity index (χ4n) is 3.53. The molecule has 1 heterocycles. The van der Waals surface area contributed by atoms with Crippen molar-refractivity contribution in [3.05, 3.63) is 85.7 Å². The predicted molar refractivity (Wildman–Crippen MR) is 133 cm³/mol. The Kier molecular flexibility index (Phi) is 8.27. The van der Waals surface area contributed by atoms with Gasteiger partial charge < -0.3 is 9.47 Å². The second-order valence-electron chi connectivity index (χ2n) is 8.71. The highest BCUT2D eigenvalue weighted by Gasteiger charge is 2.18. The van der Waals surface area contributed by atoms with E-state index in [-0.39, 0.29) is 30.4 Å². The number of methoxy groups -OCH3 is 1. The Morgan fingerprint density at radius 2 is 1.81 bits per heavy atom. The van der Waals surface area contributed by atoms with Gasteiger partial charge in [0.2, 0.25) is 5.62 Å². The van der Waals surface area contributed by atoms with E-state index in [0.717, 1.165) is 15.7 Å². The number of aromatic nitrogens is 3. The summed E-state index contributed by atoms with van der Waals surface area (Å²) < 4.78 is 12.7. The van der Waals surface area contributed by atoms with Crippen LogP contribution < -0.4 is 21.7 Å². The van der Waals surface area contributed by atoms with Crippen molar-refractivity contribution < 1.29 is 14.3 Å². The van der Waals surface area contributed by atoms with E-state index < -0.39 is 23.3 Å². The highest BCUT2D eigenvalue weighted by atomic mass is 16.5. The monoisotopic (exact) mass is 491 g/mol. The van der Waals surface area contributed by atoms with Crippen LogP contribution in [-0.4, -0.2) is 33.3 Å². The van der Waals surface area contributed by atoms with E-state index in [1.165, 1.54) is 17.7 Å². The summed E-state index contributed by atoms with van der Waals surface area (Å²) in [5.74, 6) is -0.830. The van der Waals surface area contributed by atoms with Gasteiger partial charge >= 0.3 is 17.3 Å². The first-order valence-corrected chi connectivity index (χ1v) is 11.5. The number of aromatic amines is 1. The van der Waals surface area contributed by atoms with Crippen LogP contribution >= 0.6 is 0 Å². The number of nitrogens with one attached hydrogen (secondary N) is 1. The molecule has 1 N–H and O–H groups in total. The molecule has 0 aliphatic rings. The smallest absolute Gasteiger partial charge is 0.335 e. The molecule has 0 aliphatic carbocycles. The van der Waals surface area contributed by atoms with Gasteiger partial charge in [0.05, 0.1) is 36.9 Å². The van der Waals surface area contributed by atoms with Crippen LogP contribution in [0.1, 0.15) is 37.5 Å². The lowest BCUT2D eigenvalue weighted by atomic mass is 10.1. The van der Waals surface area contributed by atoms with Crippen LogP contribution in [-0.2, 0) is 22.6 Å². The molecule has 0 aliphatic heterocycles. The highest BCUT2D eigenvalue weighted by molar-refractivity contribution is 5.71. The quantitative estimate of drug-likeness (QED) is 0.481. The molecule has 1 aromatic heterocycles. The lowest BCUT2D eigenvalue weighted by molar-refractivity contribution is -0.145. The number of ether oxygens (including phenoxy) is 2. The van der Waals surface area contributed by atoms with Gasteiger partial charge in [0.1, 0.15) is 11.8 Å². The summed E-state index contributed by atoms with van der Waals surface area (Å²) in [6, 6.07) is 14.5. The lowest BCUT2D eigenvalue weighted by Gasteiger charge is -2.14. The number of aryl methyl sites for hydroxylation is 1.